The van der Waals surface area contributed by atoms with Crippen molar-refractivity contribution in [3.8, 4) is 0 Å². The number of hydrogen-bond donors (Lipinski definition) is 0. The predicted octanol–water partition coefficient (Wildman–Crippen LogP) is 3.15. The fraction of sp³-hybridized carbons (Fsp3) is 1.00. The summed E-state index contributed by atoms with van der Waals surface area (Å²) in [6.45, 7) is 10.5. The van der Waals surface area contributed by atoms with E-state index in [-0.39, 0.29) is 11.2 Å². The molecule has 15 heavy (non-hydrogen) atoms. The maximum atomic E-state index is 5.95. The van der Waals surface area contributed by atoms with E-state index in [1.807, 2.05) is 0 Å². The van der Waals surface area contributed by atoms with Crippen LogP contribution in [0.25, 0.3) is 0 Å². The average Bonchev–Trinajstić information content (AvgIpc) is 2.15. The fourth-order valence-electron chi connectivity index (χ4n) is 2.43. The fourth-order valence-corrected chi connectivity index (χ4v) is 2.43. The van der Waals surface area contributed by atoms with Crippen molar-refractivity contribution in [2.24, 2.45) is 5.41 Å². The van der Waals surface area contributed by atoms with E-state index in [1.165, 1.54) is 12.8 Å². The zero-order chi connectivity index (χ0) is 11.2. The minimum Gasteiger partial charge on any atom is -0.375 e. The van der Waals surface area contributed by atoms with Crippen molar-refractivity contribution in [1.82, 2.24) is 0 Å². The topological polar surface area (TPSA) is 18.5 Å². The third-order valence-electron chi connectivity index (χ3n) is 4.05. The molecule has 0 radical (unpaired) electrons. The molecule has 0 N–H and O–H groups in total. The van der Waals surface area contributed by atoms with Crippen molar-refractivity contribution in [3.05, 3.63) is 0 Å². The van der Waals surface area contributed by atoms with Gasteiger partial charge in [0.15, 0.2) is 0 Å². The molecule has 0 aromatic heterocycles. The summed E-state index contributed by atoms with van der Waals surface area (Å²) in [6, 6.07) is 0. The molecule has 2 aliphatic rings. The second-order valence-corrected chi connectivity index (χ2v) is 6.60. The van der Waals surface area contributed by atoms with Crippen molar-refractivity contribution in [2.45, 2.75) is 64.6 Å². The average molecular weight is 212 g/mol. The zero-order valence-electron chi connectivity index (χ0n) is 10.6. The minimum atomic E-state index is 0.0816. The Bertz CT molecular complexity index is 193. The lowest BCUT2D eigenvalue weighted by atomic mass is 9.72. The Balaban J connectivity index is 1.95. The van der Waals surface area contributed by atoms with Crippen LogP contribution in [0.5, 0.6) is 0 Å². The Labute approximate surface area is 93.3 Å². The van der Waals surface area contributed by atoms with Crippen molar-refractivity contribution < 1.29 is 9.47 Å². The lowest BCUT2D eigenvalue weighted by Gasteiger charge is -2.48. The summed E-state index contributed by atoms with van der Waals surface area (Å²) in [5.41, 5.74) is 0.488. The van der Waals surface area contributed by atoms with Gasteiger partial charge in [-0.05, 0) is 53.4 Å². The van der Waals surface area contributed by atoms with Gasteiger partial charge in [0.2, 0.25) is 0 Å². The molecule has 2 saturated heterocycles. The molecule has 0 aliphatic carbocycles. The van der Waals surface area contributed by atoms with Gasteiger partial charge in [0.05, 0.1) is 24.4 Å². The minimum absolute atomic E-state index is 0.0816. The first-order chi connectivity index (χ1) is 6.83. The number of hydrogen-bond acceptors (Lipinski definition) is 2. The number of rotatable bonds is 0. The summed E-state index contributed by atoms with van der Waals surface area (Å²) >= 11 is 0. The summed E-state index contributed by atoms with van der Waals surface area (Å²) in [5, 5.41) is 0. The van der Waals surface area contributed by atoms with E-state index >= 15 is 0 Å². The summed E-state index contributed by atoms with van der Waals surface area (Å²) in [4.78, 5) is 0. The van der Waals surface area contributed by atoms with Gasteiger partial charge < -0.3 is 9.47 Å². The van der Waals surface area contributed by atoms with Crippen LogP contribution in [0.1, 0.15) is 53.4 Å². The molecular weight excluding hydrogens is 188 g/mol. The largest absolute Gasteiger partial charge is 0.375 e. The molecule has 0 unspecified atom stereocenters. The monoisotopic (exact) mass is 212 g/mol. The summed E-state index contributed by atoms with van der Waals surface area (Å²) < 4.78 is 11.9. The van der Waals surface area contributed by atoms with Gasteiger partial charge in [-0.25, -0.2) is 0 Å². The van der Waals surface area contributed by atoms with Crippen LogP contribution in [0, 0.1) is 5.41 Å². The van der Waals surface area contributed by atoms with Crippen molar-refractivity contribution in [3.63, 3.8) is 0 Å². The van der Waals surface area contributed by atoms with Crippen LogP contribution in [0.2, 0.25) is 0 Å². The molecule has 0 aromatic rings. The SMILES string of the molecule is CC1(C)CCC2(CCC(C)(C)OC2)CO1. The lowest BCUT2D eigenvalue weighted by Crippen LogP contribution is -2.49. The summed E-state index contributed by atoms with van der Waals surface area (Å²) in [6.07, 6.45) is 4.85. The van der Waals surface area contributed by atoms with Crippen LogP contribution in [0.4, 0.5) is 0 Å². The highest BCUT2D eigenvalue weighted by Crippen LogP contribution is 2.44. The maximum absolute atomic E-state index is 5.95. The van der Waals surface area contributed by atoms with Crippen LogP contribution >= 0.6 is 0 Å². The van der Waals surface area contributed by atoms with Gasteiger partial charge in [-0.1, -0.05) is 0 Å². The highest BCUT2D eigenvalue weighted by atomic mass is 16.5. The van der Waals surface area contributed by atoms with Crippen LogP contribution < -0.4 is 0 Å². The predicted molar refractivity (Wildman–Crippen MR) is 61.0 cm³/mol. The molecule has 2 heterocycles. The van der Waals surface area contributed by atoms with E-state index in [4.69, 9.17) is 9.47 Å². The Kier molecular flexibility index (Phi) is 2.63. The molecule has 2 nitrogen and oxygen atoms in total. The second-order valence-electron chi connectivity index (χ2n) is 6.60. The van der Waals surface area contributed by atoms with Gasteiger partial charge >= 0.3 is 0 Å². The standard InChI is InChI=1S/C13H24O2/c1-11(2)5-7-13(9-14-11)8-6-12(3,4)15-10-13/h5-10H2,1-4H3. The zero-order valence-corrected chi connectivity index (χ0v) is 10.6. The smallest absolute Gasteiger partial charge is 0.0627 e. The molecule has 0 aromatic carbocycles. The second kappa shape index (κ2) is 3.46. The molecular formula is C13H24O2. The molecule has 2 heteroatoms. The molecule has 2 fully saturated rings. The van der Waals surface area contributed by atoms with E-state index in [0.29, 0.717) is 5.41 Å². The first-order valence-electron chi connectivity index (χ1n) is 6.11. The summed E-state index contributed by atoms with van der Waals surface area (Å²) in [7, 11) is 0. The third-order valence-corrected chi connectivity index (χ3v) is 4.05. The normalized spacial score (nSPS) is 32.8. The Morgan fingerprint density at radius 1 is 0.667 bits per heavy atom. The van der Waals surface area contributed by atoms with E-state index in [9.17, 15) is 0 Å². The molecule has 0 bridgehead atoms. The van der Waals surface area contributed by atoms with Gasteiger partial charge in [0.1, 0.15) is 0 Å². The van der Waals surface area contributed by atoms with E-state index in [2.05, 4.69) is 27.7 Å². The van der Waals surface area contributed by atoms with Crippen LogP contribution in [-0.4, -0.2) is 24.4 Å². The first-order valence-corrected chi connectivity index (χ1v) is 6.11. The van der Waals surface area contributed by atoms with Gasteiger partial charge in [-0.15, -0.1) is 0 Å². The van der Waals surface area contributed by atoms with Crippen molar-refractivity contribution >= 4 is 0 Å². The molecule has 2 aliphatic heterocycles. The van der Waals surface area contributed by atoms with E-state index < -0.39 is 0 Å². The van der Waals surface area contributed by atoms with Crippen molar-refractivity contribution in [2.75, 3.05) is 13.2 Å². The third kappa shape index (κ3) is 2.54. The van der Waals surface area contributed by atoms with Crippen molar-refractivity contribution in [1.29, 1.82) is 0 Å². The van der Waals surface area contributed by atoms with Gasteiger partial charge in [0, 0.05) is 5.41 Å². The lowest BCUT2D eigenvalue weighted by molar-refractivity contribution is -0.185. The van der Waals surface area contributed by atoms with Gasteiger partial charge in [0.25, 0.3) is 0 Å². The Morgan fingerprint density at radius 3 is 1.33 bits per heavy atom. The number of ether oxygens (including phenoxy) is 2. The Morgan fingerprint density at radius 2 is 1.07 bits per heavy atom. The van der Waals surface area contributed by atoms with E-state index in [1.54, 1.807) is 0 Å². The Hall–Kier alpha value is -0.0800. The van der Waals surface area contributed by atoms with Crippen LogP contribution in [-0.2, 0) is 9.47 Å². The molecule has 0 saturated carbocycles. The van der Waals surface area contributed by atoms with Gasteiger partial charge in [-0.2, -0.15) is 0 Å². The molecule has 1 spiro atoms. The van der Waals surface area contributed by atoms with Crippen LogP contribution in [0.3, 0.4) is 0 Å². The van der Waals surface area contributed by atoms with E-state index in [0.717, 1.165) is 26.1 Å². The molecule has 0 atom stereocenters. The van der Waals surface area contributed by atoms with Crippen LogP contribution in [0.15, 0.2) is 0 Å². The highest BCUT2D eigenvalue weighted by molar-refractivity contribution is 4.92. The highest BCUT2D eigenvalue weighted by Gasteiger charge is 2.43. The molecule has 0 amide bonds. The summed E-state index contributed by atoms with van der Waals surface area (Å²) in [5.74, 6) is 0. The molecule has 88 valence electrons. The maximum Gasteiger partial charge on any atom is 0.0627 e. The molecule has 2 rings (SSSR count). The first kappa shape index (κ1) is 11.4. The quantitative estimate of drug-likeness (QED) is 0.614. The van der Waals surface area contributed by atoms with Gasteiger partial charge in [-0.3, -0.25) is 0 Å².